The van der Waals surface area contributed by atoms with Crippen LogP contribution < -0.4 is 4.31 Å². The fraction of sp³-hybridized carbons (Fsp3) is 0.267. The molecule has 40 heavy (non-hydrogen) atoms. The van der Waals surface area contributed by atoms with E-state index in [1.54, 1.807) is 42.5 Å². The van der Waals surface area contributed by atoms with Crippen molar-refractivity contribution in [2.45, 2.75) is 13.3 Å². The maximum absolute atomic E-state index is 13.0. The molecule has 4 rings (SSSR count). The van der Waals surface area contributed by atoms with Gasteiger partial charge in [-0.2, -0.15) is 0 Å². The van der Waals surface area contributed by atoms with Gasteiger partial charge in [0, 0.05) is 29.6 Å². The Kier molecular flexibility index (Phi) is 8.91. The zero-order valence-corrected chi connectivity index (χ0v) is 23.9. The van der Waals surface area contributed by atoms with Crippen LogP contribution in [0.4, 0.5) is 11.4 Å². The van der Waals surface area contributed by atoms with E-state index in [0.29, 0.717) is 58.6 Å². The highest BCUT2D eigenvalue weighted by Crippen LogP contribution is 2.33. The first-order valence-corrected chi connectivity index (χ1v) is 14.6. The molecule has 0 atom stereocenters. The molecule has 0 bridgehead atoms. The van der Waals surface area contributed by atoms with Crippen molar-refractivity contribution in [2.75, 3.05) is 44.4 Å². The molecule has 9 nitrogen and oxygen atoms in total. The molecular formula is C30H34N4O5S. The van der Waals surface area contributed by atoms with Gasteiger partial charge in [0.05, 0.1) is 41.1 Å². The number of ether oxygens (including phenoxy) is 1. The molecule has 0 aliphatic rings. The van der Waals surface area contributed by atoms with Crippen molar-refractivity contribution in [3.05, 3.63) is 89.5 Å². The summed E-state index contributed by atoms with van der Waals surface area (Å²) in [6, 6.07) is 21.5. The number of sulfonamides is 1. The van der Waals surface area contributed by atoms with Crippen LogP contribution in [0.15, 0.2) is 77.8 Å². The number of nitrogens with zero attached hydrogens (tertiary/aromatic N) is 3. The summed E-state index contributed by atoms with van der Waals surface area (Å²) in [6.45, 7) is 2.77. The highest BCUT2D eigenvalue weighted by molar-refractivity contribution is 7.92. The van der Waals surface area contributed by atoms with Crippen LogP contribution in [0.2, 0.25) is 0 Å². The Morgan fingerprint density at radius 2 is 1.68 bits per heavy atom. The van der Waals surface area contributed by atoms with Crippen LogP contribution in [-0.2, 0) is 14.8 Å². The molecule has 0 radical (unpaired) electrons. The van der Waals surface area contributed by atoms with Crippen molar-refractivity contribution in [3.8, 4) is 5.88 Å². The molecule has 10 heteroatoms. The summed E-state index contributed by atoms with van der Waals surface area (Å²) in [4.78, 5) is 21.8. The number of likely N-dealkylation sites (N-methyl/N-ethyl adjacent to an activating group) is 1. The number of rotatable bonds is 11. The second-order valence-corrected chi connectivity index (χ2v) is 11.6. The quantitative estimate of drug-likeness (QED) is 0.198. The standard InChI is InChI=1S/C30H34N4O5S/c1-5-19-40(37,38)34(18-17-33(2)3)24-14-12-23(13-15-24)31-28(21-9-7-6-8-10-21)27-25-16-11-22(30(36)39-4)20-26(25)32-29(27)35/h6-16,20,32,35H,5,17-19H2,1-4H3. The highest BCUT2D eigenvalue weighted by atomic mass is 32.2. The predicted octanol–water partition coefficient (Wildman–Crippen LogP) is 4.94. The third-order valence-corrected chi connectivity index (χ3v) is 8.40. The highest BCUT2D eigenvalue weighted by Gasteiger charge is 2.23. The molecule has 1 aromatic heterocycles. The van der Waals surface area contributed by atoms with Gasteiger partial charge in [-0.25, -0.2) is 18.2 Å². The first-order chi connectivity index (χ1) is 19.1. The summed E-state index contributed by atoms with van der Waals surface area (Å²) in [5.74, 6) is -0.498. The normalized spacial score (nSPS) is 12.2. The second-order valence-electron chi connectivity index (χ2n) is 9.63. The second kappa shape index (κ2) is 12.4. The molecular weight excluding hydrogens is 528 g/mol. The fourth-order valence-electron chi connectivity index (χ4n) is 4.44. The third-order valence-electron chi connectivity index (χ3n) is 6.41. The number of benzene rings is 3. The maximum atomic E-state index is 13.0. The number of methoxy groups -OCH3 is 1. The summed E-state index contributed by atoms with van der Waals surface area (Å²) in [7, 11) is 1.65. The van der Waals surface area contributed by atoms with Gasteiger partial charge in [0.15, 0.2) is 5.88 Å². The number of carbonyl (C=O) groups excluding carboxylic acids is 1. The first-order valence-electron chi connectivity index (χ1n) is 13.0. The number of aliphatic imine (C=N–C) groups is 1. The maximum Gasteiger partial charge on any atom is 0.337 e. The van der Waals surface area contributed by atoms with Gasteiger partial charge in [-0.05, 0) is 56.9 Å². The Morgan fingerprint density at radius 1 is 0.975 bits per heavy atom. The summed E-state index contributed by atoms with van der Waals surface area (Å²) in [5, 5.41) is 11.6. The van der Waals surface area contributed by atoms with Crippen molar-refractivity contribution >= 4 is 44.0 Å². The first kappa shape index (κ1) is 28.8. The lowest BCUT2D eigenvalue weighted by molar-refractivity contribution is 0.0601. The Morgan fingerprint density at radius 3 is 2.30 bits per heavy atom. The monoisotopic (exact) mass is 562 g/mol. The van der Waals surface area contributed by atoms with Gasteiger partial charge in [0.25, 0.3) is 0 Å². The van der Waals surface area contributed by atoms with Gasteiger partial charge in [0.1, 0.15) is 0 Å². The van der Waals surface area contributed by atoms with Gasteiger partial charge in [-0.15, -0.1) is 0 Å². The van der Waals surface area contributed by atoms with E-state index in [1.807, 2.05) is 56.3 Å². The minimum Gasteiger partial charge on any atom is -0.494 e. The Hall–Kier alpha value is -4.15. The zero-order valence-electron chi connectivity index (χ0n) is 23.1. The molecule has 210 valence electrons. The number of aromatic amines is 1. The molecule has 3 aromatic carbocycles. The van der Waals surface area contributed by atoms with Gasteiger partial charge in [-0.1, -0.05) is 43.3 Å². The average molecular weight is 563 g/mol. The predicted molar refractivity (Wildman–Crippen MR) is 159 cm³/mol. The van der Waals surface area contributed by atoms with Crippen LogP contribution in [0.1, 0.15) is 34.8 Å². The van der Waals surface area contributed by atoms with E-state index in [0.717, 1.165) is 5.56 Å². The molecule has 0 amide bonds. The lowest BCUT2D eigenvalue weighted by Crippen LogP contribution is -2.38. The molecule has 0 saturated carbocycles. The fourth-order valence-corrected chi connectivity index (χ4v) is 5.98. The number of hydrogen-bond acceptors (Lipinski definition) is 7. The van der Waals surface area contributed by atoms with E-state index >= 15 is 0 Å². The van der Waals surface area contributed by atoms with Crippen LogP contribution >= 0.6 is 0 Å². The molecule has 0 unspecified atom stereocenters. The topological polar surface area (TPSA) is 115 Å². The lowest BCUT2D eigenvalue weighted by Gasteiger charge is -2.26. The Bertz CT molecular complexity index is 1610. The smallest absolute Gasteiger partial charge is 0.337 e. The summed E-state index contributed by atoms with van der Waals surface area (Å²) in [6.07, 6.45) is 0.527. The van der Waals surface area contributed by atoms with Gasteiger partial charge in [-0.3, -0.25) is 4.31 Å². The minimum absolute atomic E-state index is 0.0655. The molecule has 0 saturated heterocycles. The molecule has 0 fully saturated rings. The van der Waals surface area contributed by atoms with E-state index in [-0.39, 0.29) is 11.6 Å². The van der Waals surface area contributed by atoms with Crippen molar-refractivity contribution in [1.82, 2.24) is 9.88 Å². The molecule has 4 aromatic rings. The molecule has 1 heterocycles. The largest absolute Gasteiger partial charge is 0.494 e. The van der Waals surface area contributed by atoms with E-state index in [1.165, 1.54) is 11.4 Å². The zero-order chi connectivity index (χ0) is 28.9. The van der Waals surface area contributed by atoms with E-state index in [9.17, 15) is 18.3 Å². The van der Waals surface area contributed by atoms with Crippen LogP contribution in [0.3, 0.4) is 0 Å². The summed E-state index contributed by atoms with van der Waals surface area (Å²) in [5.41, 5.74) is 3.85. The number of carbonyl (C=O) groups is 1. The summed E-state index contributed by atoms with van der Waals surface area (Å²) < 4.78 is 32.3. The number of esters is 1. The molecule has 2 N–H and O–H groups in total. The van der Waals surface area contributed by atoms with Gasteiger partial charge >= 0.3 is 5.97 Å². The van der Waals surface area contributed by atoms with Crippen LogP contribution in [0.25, 0.3) is 10.9 Å². The number of fused-ring (bicyclic) bond motifs is 1. The minimum atomic E-state index is -3.48. The van der Waals surface area contributed by atoms with Gasteiger partial charge in [0.2, 0.25) is 10.0 Å². The molecule has 0 aliphatic carbocycles. The number of anilines is 1. The third kappa shape index (κ3) is 6.35. The van der Waals surface area contributed by atoms with Crippen LogP contribution in [-0.4, -0.2) is 75.1 Å². The number of hydrogen-bond donors (Lipinski definition) is 2. The summed E-state index contributed by atoms with van der Waals surface area (Å²) >= 11 is 0. The number of aromatic nitrogens is 1. The van der Waals surface area contributed by atoms with E-state index in [4.69, 9.17) is 9.73 Å². The van der Waals surface area contributed by atoms with Crippen molar-refractivity contribution in [1.29, 1.82) is 0 Å². The SMILES string of the molecule is CCCS(=O)(=O)N(CCN(C)C)c1ccc(N=C(c2ccccc2)c2c(O)[nH]c3cc(C(=O)OC)ccc23)cc1. The van der Waals surface area contributed by atoms with Crippen molar-refractivity contribution in [2.24, 2.45) is 4.99 Å². The number of nitrogens with one attached hydrogen (secondary N) is 1. The Labute approximate surface area is 234 Å². The van der Waals surface area contributed by atoms with Crippen molar-refractivity contribution < 1.29 is 23.1 Å². The van der Waals surface area contributed by atoms with Gasteiger partial charge < -0.3 is 19.7 Å². The van der Waals surface area contributed by atoms with Crippen LogP contribution in [0.5, 0.6) is 5.88 Å². The number of aromatic hydroxyl groups is 1. The van der Waals surface area contributed by atoms with Crippen molar-refractivity contribution in [3.63, 3.8) is 0 Å². The van der Waals surface area contributed by atoms with E-state index in [2.05, 4.69) is 4.98 Å². The van der Waals surface area contributed by atoms with E-state index < -0.39 is 16.0 Å². The molecule has 0 aliphatic heterocycles. The Balaban J connectivity index is 1.79. The number of H-pyrrole nitrogens is 1. The average Bonchev–Trinajstić information content (AvgIpc) is 3.26. The van der Waals surface area contributed by atoms with Crippen LogP contribution in [0, 0.1) is 0 Å². The molecule has 0 spiro atoms. The lowest BCUT2D eigenvalue weighted by atomic mass is 10.00.